The zero-order valence-electron chi connectivity index (χ0n) is 11.0. The molecule has 0 atom stereocenters. The maximum absolute atomic E-state index is 11.8. The van der Waals surface area contributed by atoms with E-state index in [0.29, 0.717) is 30.3 Å². The zero-order valence-corrected chi connectivity index (χ0v) is 11.0. The fraction of sp³-hybridized carbons (Fsp3) is 0.667. The van der Waals surface area contributed by atoms with Gasteiger partial charge in [-0.05, 0) is 18.8 Å². The molecule has 0 saturated heterocycles. The molecule has 1 heterocycles. The molecular formula is C12H21N3O2. The highest BCUT2D eigenvalue weighted by Crippen LogP contribution is 2.18. The number of hydrogen-bond acceptors (Lipinski definition) is 4. The number of rotatable bonds is 5. The summed E-state index contributed by atoms with van der Waals surface area (Å²) in [5.74, 6) is 0.121. The number of carbonyl (C=O) groups excluding carboxylic acids is 1. The van der Waals surface area contributed by atoms with Gasteiger partial charge < -0.3 is 10.5 Å². The Hall–Kier alpha value is -1.52. The van der Waals surface area contributed by atoms with Crippen LogP contribution in [-0.4, -0.2) is 22.4 Å². The standard InChI is InChI=1S/C12H21N3O2/c1-5-9-10(13)11(15(4)14-9)12(16)17-7-6-8(2)3/h8H,5-7,13H2,1-4H3. The zero-order chi connectivity index (χ0) is 13.0. The fourth-order valence-electron chi connectivity index (χ4n) is 1.55. The molecule has 0 spiro atoms. The number of nitrogen functional groups attached to an aromatic ring is 1. The van der Waals surface area contributed by atoms with Crippen molar-refractivity contribution < 1.29 is 9.53 Å². The predicted octanol–water partition coefficient (Wildman–Crippen LogP) is 1.77. The van der Waals surface area contributed by atoms with E-state index in [2.05, 4.69) is 18.9 Å². The Balaban J connectivity index is 2.72. The third-order valence-corrected chi connectivity index (χ3v) is 2.62. The average Bonchev–Trinajstić information content (AvgIpc) is 2.53. The van der Waals surface area contributed by atoms with Crippen LogP contribution in [0.2, 0.25) is 0 Å². The second-order valence-electron chi connectivity index (χ2n) is 4.50. The maximum atomic E-state index is 11.8. The Morgan fingerprint density at radius 1 is 1.53 bits per heavy atom. The third kappa shape index (κ3) is 3.22. The van der Waals surface area contributed by atoms with Crippen molar-refractivity contribution >= 4 is 11.7 Å². The highest BCUT2D eigenvalue weighted by Gasteiger charge is 2.20. The van der Waals surface area contributed by atoms with E-state index in [9.17, 15) is 4.79 Å². The number of ether oxygens (including phenoxy) is 1. The summed E-state index contributed by atoms with van der Waals surface area (Å²) in [5.41, 5.74) is 7.39. The molecule has 0 bridgehead atoms. The highest BCUT2D eigenvalue weighted by atomic mass is 16.5. The van der Waals surface area contributed by atoms with E-state index >= 15 is 0 Å². The molecule has 17 heavy (non-hydrogen) atoms. The Morgan fingerprint density at radius 3 is 2.65 bits per heavy atom. The quantitative estimate of drug-likeness (QED) is 0.795. The van der Waals surface area contributed by atoms with Crippen LogP contribution < -0.4 is 5.73 Å². The van der Waals surface area contributed by atoms with Gasteiger partial charge >= 0.3 is 5.97 Å². The van der Waals surface area contributed by atoms with Crippen LogP contribution in [-0.2, 0) is 18.2 Å². The SMILES string of the molecule is CCc1nn(C)c(C(=O)OCCC(C)C)c1N. The van der Waals surface area contributed by atoms with Gasteiger partial charge in [0.05, 0.1) is 18.0 Å². The van der Waals surface area contributed by atoms with Gasteiger partial charge in [0, 0.05) is 7.05 Å². The van der Waals surface area contributed by atoms with Crippen LogP contribution in [0.4, 0.5) is 5.69 Å². The van der Waals surface area contributed by atoms with Crippen LogP contribution in [0, 0.1) is 5.92 Å². The molecular weight excluding hydrogens is 218 g/mol. The summed E-state index contributed by atoms with van der Waals surface area (Å²) in [7, 11) is 1.70. The molecule has 0 aliphatic heterocycles. The van der Waals surface area contributed by atoms with E-state index in [1.165, 1.54) is 4.68 Å². The first-order valence-electron chi connectivity index (χ1n) is 5.95. The second kappa shape index (κ2) is 5.70. The molecule has 1 rings (SSSR count). The lowest BCUT2D eigenvalue weighted by Crippen LogP contribution is -2.14. The minimum atomic E-state index is -0.391. The lowest BCUT2D eigenvalue weighted by molar-refractivity contribution is 0.0476. The molecule has 0 fully saturated rings. The molecule has 5 nitrogen and oxygen atoms in total. The molecule has 0 aliphatic rings. The van der Waals surface area contributed by atoms with Crippen LogP contribution >= 0.6 is 0 Å². The number of nitrogens with two attached hydrogens (primary N) is 1. The normalized spacial score (nSPS) is 10.9. The van der Waals surface area contributed by atoms with E-state index in [1.807, 2.05) is 6.92 Å². The highest BCUT2D eigenvalue weighted by molar-refractivity contribution is 5.93. The molecule has 0 saturated carbocycles. The number of carbonyl (C=O) groups is 1. The molecule has 0 radical (unpaired) electrons. The summed E-state index contributed by atoms with van der Waals surface area (Å²) in [6.45, 7) is 6.54. The minimum Gasteiger partial charge on any atom is -0.461 e. The Bertz CT molecular complexity index is 397. The van der Waals surface area contributed by atoms with Gasteiger partial charge in [-0.2, -0.15) is 5.10 Å². The molecule has 0 aliphatic carbocycles. The first-order valence-corrected chi connectivity index (χ1v) is 5.95. The summed E-state index contributed by atoms with van der Waals surface area (Å²) >= 11 is 0. The molecule has 1 aromatic rings. The third-order valence-electron chi connectivity index (χ3n) is 2.62. The van der Waals surface area contributed by atoms with Gasteiger partial charge in [0.25, 0.3) is 0 Å². The molecule has 0 amide bonds. The summed E-state index contributed by atoms with van der Waals surface area (Å²) in [5, 5.41) is 4.18. The van der Waals surface area contributed by atoms with Crippen LogP contribution in [0.1, 0.15) is 43.4 Å². The number of aryl methyl sites for hydroxylation is 2. The predicted molar refractivity (Wildman–Crippen MR) is 66.7 cm³/mol. The summed E-state index contributed by atoms with van der Waals surface area (Å²) in [6.07, 6.45) is 1.56. The van der Waals surface area contributed by atoms with Crippen molar-refractivity contribution in [1.82, 2.24) is 9.78 Å². The number of nitrogens with zero attached hydrogens (tertiary/aromatic N) is 2. The van der Waals surface area contributed by atoms with Gasteiger partial charge in [-0.1, -0.05) is 20.8 Å². The van der Waals surface area contributed by atoms with Crippen molar-refractivity contribution in [2.45, 2.75) is 33.6 Å². The molecule has 5 heteroatoms. The van der Waals surface area contributed by atoms with E-state index < -0.39 is 5.97 Å². The van der Waals surface area contributed by atoms with E-state index in [0.717, 1.165) is 12.1 Å². The largest absolute Gasteiger partial charge is 0.461 e. The van der Waals surface area contributed by atoms with E-state index in [4.69, 9.17) is 10.5 Å². The van der Waals surface area contributed by atoms with Gasteiger partial charge in [0.2, 0.25) is 0 Å². The van der Waals surface area contributed by atoms with Crippen molar-refractivity contribution in [2.24, 2.45) is 13.0 Å². The molecule has 2 N–H and O–H groups in total. The van der Waals surface area contributed by atoms with Crippen molar-refractivity contribution in [3.8, 4) is 0 Å². The van der Waals surface area contributed by atoms with Crippen molar-refractivity contribution in [3.05, 3.63) is 11.4 Å². The van der Waals surface area contributed by atoms with Crippen LogP contribution in [0.3, 0.4) is 0 Å². The summed E-state index contributed by atoms with van der Waals surface area (Å²) < 4.78 is 6.67. The number of esters is 1. The average molecular weight is 239 g/mol. The van der Waals surface area contributed by atoms with Gasteiger partial charge in [-0.25, -0.2) is 4.79 Å². The van der Waals surface area contributed by atoms with Gasteiger partial charge in [-0.3, -0.25) is 4.68 Å². The monoisotopic (exact) mass is 239 g/mol. The van der Waals surface area contributed by atoms with Crippen molar-refractivity contribution in [2.75, 3.05) is 12.3 Å². The summed E-state index contributed by atoms with van der Waals surface area (Å²) in [6, 6.07) is 0. The topological polar surface area (TPSA) is 70.1 Å². The Labute approximate surface area is 102 Å². The number of hydrogen-bond donors (Lipinski definition) is 1. The smallest absolute Gasteiger partial charge is 0.358 e. The molecule has 0 aromatic carbocycles. The van der Waals surface area contributed by atoms with Crippen LogP contribution in [0.25, 0.3) is 0 Å². The van der Waals surface area contributed by atoms with Crippen molar-refractivity contribution in [3.63, 3.8) is 0 Å². The first kappa shape index (κ1) is 13.5. The maximum Gasteiger partial charge on any atom is 0.358 e. The molecule has 96 valence electrons. The second-order valence-corrected chi connectivity index (χ2v) is 4.50. The van der Waals surface area contributed by atoms with E-state index in [-0.39, 0.29) is 0 Å². The van der Waals surface area contributed by atoms with Crippen molar-refractivity contribution in [1.29, 1.82) is 0 Å². The number of aromatic nitrogens is 2. The van der Waals surface area contributed by atoms with Crippen LogP contribution in [0.15, 0.2) is 0 Å². The van der Waals surface area contributed by atoms with Gasteiger partial charge in [0.15, 0.2) is 5.69 Å². The van der Waals surface area contributed by atoms with E-state index in [1.54, 1.807) is 7.05 Å². The minimum absolute atomic E-state index is 0.352. The lowest BCUT2D eigenvalue weighted by Gasteiger charge is -2.07. The molecule has 0 unspecified atom stereocenters. The lowest BCUT2D eigenvalue weighted by atomic mass is 10.1. The fourth-order valence-corrected chi connectivity index (χ4v) is 1.55. The first-order chi connectivity index (χ1) is 7.97. The van der Waals surface area contributed by atoms with Gasteiger partial charge in [-0.15, -0.1) is 0 Å². The Morgan fingerprint density at radius 2 is 2.18 bits per heavy atom. The summed E-state index contributed by atoms with van der Waals surface area (Å²) in [4.78, 5) is 11.8. The van der Waals surface area contributed by atoms with Crippen LogP contribution in [0.5, 0.6) is 0 Å². The molecule has 1 aromatic heterocycles. The number of anilines is 1. The van der Waals surface area contributed by atoms with Gasteiger partial charge in [0.1, 0.15) is 0 Å². The Kier molecular flexibility index (Phi) is 4.54.